The van der Waals surface area contributed by atoms with Gasteiger partial charge in [-0.25, -0.2) is 9.67 Å². The molecule has 7 heteroatoms. The molecule has 0 amide bonds. The molecular weight excluding hydrogens is 340 g/mol. The molecule has 0 saturated heterocycles. The maximum Gasteiger partial charge on any atom is 0.280 e. The number of aromatic nitrogens is 4. The summed E-state index contributed by atoms with van der Waals surface area (Å²) in [6, 6.07) is 7.21. The van der Waals surface area contributed by atoms with Crippen LogP contribution in [0.4, 0.5) is 0 Å². The number of ether oxygens (including phenoxy) is 1. The van der Waals surface area contributed by atoms with Crippen LogP contribution >= 0.6 is 12.4 Å². The van der Waals surface area contributed by atoms with E-state index >= 15 is 0 Å². The first-order valence-electron chi connectivity index (χ1n) is 7.74. The van der Waals surface area contributed by atoms with E-state index in [0.29, 0.717) is 23.7 Å². The Labute approximate surface area is 152 Å². The van der Waals surface area contributed by atoms with E-state index in [0.717, 1.165) is 5.56 Å². The van der Waals surface area contributed by atoms with Crippen molar-refractivity contribution in [3.8, 4) is 22.7 Å². The van der Waals surface area contributed by atoms with Crippen molar-refractivity contribution in [3.05, 3.63) is 59.4 Å². The van der Waals surface area contributed by atoms with Gasteiger partial charge in [0.25, 0.3) is 5.56 Å². The molecule has 0 aliphatic carbocycles. The fourth-order valence-electron chi connectivity index (χ4n) is 2.16. The molecule has 6 nitrogen and oxygen atoms in total. The van der Waals surface area contributed by atoms with Gasteiger partial charge >= 0.3 is 0 Å². The van der Waals surface area contributed by atoms with Crippen LogP contribution in [0.25, 0.3) is 16.9 Å². The van der Waals surface area contributed by atoms with Gasteiger partial charge < -0.3 is 4.74 Å². The van der Waals surface area contributed by atoms with E-state index in [9.17, 15) is 4.79 Å². The third kappa shape index (κ3) is 4.48. The number of nitrogens with one attached hydrogen (secondary N) is 1. The minimum atomic E-state index is -0.168. The molecule has 3 heterocycles. The van der Waals surface area contributed by atoms with E-state index in [-0.39, 0.29) is 23.4 Å². The molecule has 0 aromatic carbocycles. The number of rotatable bonds is 4. The van der Waals surface area contributed by atoms with Crippen LogP contribution in [0.2, 0.25) is 0 Å². The van der Waals surface area contributed by atoms with Gasteiger partial charge in [0, 0.05) is 24.2 Å². The summed E-state index contributed by atoms with van der Waals surface area (Å²) in [6.45, 7) is 6.91. The number of halogens is 1. The van der Waals surface area contributed by atoms with Gasteiger partial charge in [-0.2, -0.15) is 0 Å². The Balaban J connectivity index is 0.00000225. The van der Waals surface area contributed by atoms with Gasteiger partial charge in [0.15, 0.2) is 5.82 Å². The third-order valence-electron chi connectivity index (χ3n) is 3.37. The second-order valence-electron chi connectivity index (χ2n) is 6.77. The van der Waals surface area contributed by atoms with Gasteiger partial charge in [0.05, 0.1) is 18.4 Å². The fraction of sp³-hybridized carbons (Fsp3) is 0.278. The topological polar surface area (TPSA) is 72.8 Å². The SMILES string of the molecule is CC(C)(C)COc1ccc(-n2[nH]cc(-c3cccnc3)c2=O)nc1.Cl. The first kappa shape index (κ1) is 18.7. The molecule has 0 aliphatic heterocycles. The van der Waals surface area contributed by atoms with Crippen molar-refractivity contribution in [1.82, 2.24) is 19.7 Å². The molecule has 0 fully saturated rings. The standard InChI is InChI=1S/C18H20N4O2.ClH/c1-18(2,3)12-24-14-6-7-16(20-10-14)22-17(23)15(11-21-22)13-5-4-8-19-9-13;/h4-11,21H,12H2,1-3H3;1H. The van der Waals surface area contributed by atoms with Crippen molar-refractivity contribution < 1.29 is 4.74 Å². The van der Waals surface area contributed by atoms with Crippen LogP contribution in [-0.2, 0) is 0 Å². The van der Waals surface area contributed by atoms with Gasteiger partial charge in [0.2, 0.25) is 0 Å². The highest BCUT2D eigenvalue weighted by Crippen LogP contribution is 2.18. The lowest BCUT2D eigenvalue weighted by Crippen LogP contribution is -2.18. The molecule has 0 unspecified atom stereocenters. The van der Waals surface area contributed by atoms with Crippen LogP contribution < -0.4 is 10.3 Å². The number of hydrogen-bond acceptors (Lipinski definition) is 4. The zero-order valence-electron chi connectivity index (χ0n) is 14.4. The molecule has 0 atom stereocenters. The van der Waals surface area contributed by atoms with Crippen molar-refractivity contribution in [3.63, 3.8) is 0 Å². The van der Waals surface area contributed by atoms with Crippen molar-refractivity contribution in [2.75, 3.05) is 6.61 Å². The summed E-state index contributed by atoms with van der Waals surface area (Å²) < 4.78 is 7.10. The molecule has 1 N–H and O–H groups in total. The van der Waals surface area contributed by atoms with E-state index in [1.807, 2.05) is 12.1 Å². The lowest BCUT2D eigenvalue weighted by Gasteiger charge is -2.18. The normalized spacial score (nSPS) is 11.0. The Morgan fingerprint density at radius 3 is 2.60 bits per heavy atom. The second kappa shape index (κ2) is 7.53. The summed E-state index contributed by atoms with van der Waals surface area (Å²) in [5.41, 5.74) is 1.23. The monoisotopic (exact) mass is 360 g/mol. The lowest BCUT2D eigenvalue weighted by molar-refractivity contribution is 0.197. The molecule has 3 aromatic rings. The predicted molar refractivity (Wildman–Crippen MR) is 99.6 cm³/mol. The average molecular weight is 361 g/mol. The second-order valence-corrected chi connectivity index (χ2v) is 6.77. The largest absolute Gasteiger partial charge is 0.491 e. The minimum absolute atomic E-state index is 0. The van der Waals surface area contributed by atoms with Gasteiger partial charge in [-0.3, -0.25) is 14.9 Å². The highest BCUT2D eigenvalue weighted by molar-refractivity contribution is 5.85. The van der Waals surface area contributed by atoms with E-state index in [2.05, 4.69) is 35.8 Å². The molecule has 132 valence electrons. The van der Waals surface area contributed by atoms with Crippen molar-refractivity contribution in [1.29, 1.82) is 0 Å². The summed E-state index contributed by atoms with van der Waals surface area (Å²) in [5.74, 6) is 1.19. The molecular formula is C18H21ClN4O2. The van der Waals surface area contributed by atoms with Crippen LogP contribution in [0.3, 0.4) is 0 Å². The predicted octanol–water partition coefficient (Wildman–Crippen LogP) is 3.47. The highest BCUT2D eigenvalue weighted by Gasteiger charge is 2.13. The third-order valence-corrected chi connectivity index (χ3v) is 3.37. The molecule has 3 aromatic heterocycles. The van der Waals surface area contributed by atoms with E-state index < -0.39 is 0 Å². The summed E-state index contributed by atoms with van der Waals surface area (Å²) in [7, 11) is 0. The number of pyridine rings is 2. The van der Waals surface area contributed by atoms with E-state index in [4.69, 9.17) is 4.74 Å². The van der Waals surface area contributed by atoms with E-state index in [1.54, 1.807) is 36.9 Å². The van der Waals surface area contributed by atoms with E-state index in [1.165, 1.54) is 4.68 Å². The molecule has 3 rings (SSSR count). The average Bonchev–Trinajstić information content (AvgIpc) is 2.95. The minimum Gasteiger partial charge on any atom is -0.491 e. The summed E-state index contributed by atoms with van der Waals surface area (Å²) in [4.78, 5) is 20.9. The maximum atomic E-state index is 12.5. The van der Waals surface area contributed by atoms with Crippen LogP contribution in [-0.4, -0.2) is 26.4 Å². The Morgan fingerprint density at radius 1 is 1.20 bits per heavy atom. The Bertz CT molecular complexity index is 865. The summed E-state index contributed by atoms with van der Waals surface area (Å²) in [5, 5.41) is 2.94. The van der Waals surface area contributed by atoms with Crippen LogP contribution in [0, 0.1) is 5.41 Å². The first-order chi connectivity index (χ1) is 11.4. The fourth-order valence-corrected chi connectivity index (χ4v) is 2.16. The van der Waals surface area contributed by atoms with Crippen molar-refractivity contribution in [2.45, 2.75) is 20.8 Å². The molecule has 0 saturated carbocycles. The van der Waals surface area contributed by atoms with Crippen LogP contribution in [0.5, 0.6) is 5.75 Å². The molecule has 0 bridgehead atoms. The number of hydrogen-bond donors (Lipinski definition) is 1. The number of aromatic amines is 1. The first-order valence-corrected chi connectivity index (χ1v) is 7.74. The molecule has 0 radical (unpaired) electrons. The Hall–Kier alpha value is -2.60. The van der Waals surface area contributed by atoms with Crippen LogP contribution in [0.1, 0.15) is 20.8 Å². The molecule has 0 spiro atoms. The quantitative estimate of drug-likeness (QED) is 0.773. The van der Waals surface area contributed by atoms with Crippen molar-refractivity contribution >= 4 is 12.4 Å². The number of nitrogens with zero attached hydrogens (tertiary/aromatic N) is 3. The maximum absolute atomic E-state index is 12.5. The Morgan fingerprint density at radius 2 is 2.00 bits per heavy atom. The highest BCUT2D eigenvalue weighted by atomic mass is 35.5. The van der Waals surface area contributed by atoms with Crippen LogP contribution in [0.15, 0.2) is 53.8 Å². The Kier molecular flexibility index (Phi) is 5.64. The number of H-pyrrole nitrogens is 1. The zero-order valence-corrected chi connectivity index (χ0v) is 15.2. The van der Waals surface area contributed by atoms with Gasteiger partial charge in [-0.05, 0) is 23.6 Å². The lowest BCUT2D eigenvalue weighted by atomic mass is 9.99. The van der Waals surface area contributed by atoms with Gasteiger partial charge in [-0.1, -0.05) is 26.8 Å². The smallest absolute Gasteiger partial charge is 0.280 e. The van der Waals surface area contributed by atoms with Gasteiger partial charge in [0.1, 0.15) is 5.75 Å². The summed E-state index contributed by atoms with van der Waals surface area (Å²) >= 11 is 0. The summed E-state index contributed by atoms with van der Waals surface area (Å²) in [6.07, 6.45) is 6.61. The molecule has 0 aliphatic rings. The molecule has 25 heavy (non-hydrogen) atoms. The zero-order chi connectivity index (χ0) is 17.2. The van der Waals surface area contributed by atoms with Crippen molar-refractivity contribution in [2.24, 2.45) is 5.41 Å². The van der Waals surface area contributed by atoms with Gasteiger partial charge in [-0.15, -0.1) is 12.4 Å².